The van der Waals surface area contributed by atoms with Crippen LogP contribution in [0.1, 0.15) is 48.0 Å². The molecule has 1 amide bonds. The molecule has 0 saturated carbocycles. The first-order valence-corrected chi connectivity index (χ1v) is 12.2. The van der Waals surface area contributed by atoms with Crippen molar-refractivity contribution in [2.24, 2.45) is 0 Å². The second kappa shape index (κ2) is 12.7. The van der Waals surface area contributed by atoms with Gasteiger partial charge in [0.1, 0.15) is 6.29 Å². The molecule has 1 fully saturated rings. The summed E-state index contributed by atoms with van der Waals surface area (Å²) >= 11 is 0. The molecule has 1 aromatic rings. The summed E-state index contributed by atoms with van der Waals surface area (Å²) in [6.45, 7) is 4.87. The van der Waals surface area contributed by atoms with Crippen molar-refractivity contribution in [3.63, 3.8) is 0 Å². The average molecular weight is 490 g/mol. The molecular weight excluding hydrogens is 455 g/mol. The van der Waals surface area contributed by atoms with E-state index in [2.05, 4.69) is 9.80 Å². The van der Waals surface area contributed by atoms with E-state index in [1.165, 1.54) is 6.08 Å². The molecule has 1 heterocycles. The number of amides is 1. The van der Waals surface area contributed by atoms with Gasteiger partial charge in [-0.05, 0) is 37.4 Å². The molecule has 5 nitrogen and oxygen atoms in total. The Hall–Kier alpha value is -2.87. The summed E-state index contributed by atoms with van der Waals surface area (Å²) in [5.74, 6) is 0.117. The maximum absolute atomic E-state index is 12.9. The number of halogens is 3. The molecular formula is C27H34F3N3O2. The summed E-state index contributed by atoms with van der Waals surface area (Å²) in [5.41, 5.74) is 1.97. The number of alkyl halides is 3. The van der Waals surface area contributed by atoms with Gasteiger partial charge in [-0.3, -0.25) is 14.5 Å². The lowest BCUT2D eigenvalue weighted by Crippen LogP contribution is -2.45. The van der Waals surface area contributed by atoms with Crippen LogP contribution in [0.25, 0.3) is 0 Å². The Morgan fingerprint density at radius 2 is 1.77 bits per heavy atom. The van der Waals surface area contributed by atoms with E-state index in [1.807, 2.05) is 12.1 Å². The second-order valence-corrected chi connectivity index (χ2v) is 9.13. The van der Waals surface area contributed by atoms with Crippen LogP contribution in [0.15, 0.2) is 59.8 Å². The van der Waals surface area contributed by atoms with Crippen LogP contribution in [-0.2, 0) is 11.3 Å². The molecule has 190 valence electrons. The van der Waals surface area contributed by atoms with Crippen LogP contribution in [0.2, 0.25) is 0 Å². The van der Waals surface area contributed by atoms with Crippen LogP contribution in [-0.4, -0.2) is 72.8 Å². The minimum Gasteiger partial charge on any atom is -0.369 e. The highest BCUT2D eigenvalue weighted by molar-refractivity contribution is 5.76. The van der Waals surface area contributed by atoms with E-state index >= 15 is 0 Å². The van der Waals surface area contributed by atoms with Crippen molar-refractivity contribution >= 4 is 12.2 Å². The second-order valence-electron chi connectivity index (χ2n) is 9.13. The molecule has 0 unspecified atom stereocenters. The summed E-state index contributed by atoms with van der Waals surface area (Å²) in [7, 11) is 1.80. The standard InChI is InChI=1S/C27H34F3N3O2/c1-31(20-22-9-11-23(21-34)12-10-22)26(35)8-3-2-4-15-32-16-18-33(19-17-32)25-7-5-6-24(13-14-25)27(28,29)30/h5-7,9-12,14,21H,2-4,8,13,15-20H2,1H3. The number of carbonyl (C=O) groups is 2. The molecule has 1 aliphatic carbocycles. The fourth-order valence-corrected chi connectivity index (χ4v) is 4.33. The van der Waals surface area contributed by atoms with Gasteiger partial charge in [0, 0.05) is 63.0 Å². The molecule has 35 heavy (non-hydrogen) atoms. The number of nitrogens with zero attached hydrogens (tertiary/aromatic N) is 3. The van der Waals surface area contributed by atoms with Gasteiger partial charge in [0.05, 0.1) is 0 Å². The Kier molecular flexibility index (Phi) is 9.72. The van der Waals surface area contributed by atoms with Crippen molar-refractivity contribution in [1.82, 2.24) is 14.7 Å². The molecule has 1 aliphatic heterocycles. The zero-order valence-corrected chi connectivity index (χ0v) is 20.3. The Bertz CT molecular complexity index is 943. The van der Waals surface area contributed by atoms with E-state index in [-0.39, 0.29) is 12.3 Å². The van der Waals surface area contributed by atoms with E-state index < -0.39 is 11.7 Å². The first-order chi connectivity index (χ1) is 16.8. The number of aldehydes is 1. The van der Waals surface area contributed by atoms with Gasteiger partial charge in [-0.2, -0.15) is 13.2 Å². The summed E-state index contributed by atoms with van der Waals surface area (Å²) < 4.78 is 38.8. The van der Waals surface area contributed by atoms with Crippen molar-refractivity contribution in [1.29, 1.82) is 0 Å². The number of hydrogen-bond acceptors (Lipinski definition) is 4. The third kappa shape index (κ3) is 8.38. The maximum Gasteiger partial charge on any atom is 0.412 e. The number of unbranched alkanes of at least 4 members (excludes halogenated alkanes) is 2. The van der Waals surface area contributed by atoms with Crippen LogP contribution in [0.4, 0.5) is 13.2 Å². The number of piperazine rings is 1. The summed E-state index contributed by atoms with van der Waals surface area (Å²) in [6, 6.07) is 7.25. The van der Waals surface area contributed by atoms with E-state index in [9.17, 15) is 22.8 Å². The number of carbonyl (C=O) groups excluding carboxylic acids is 2. The number of benzene rings is 1. The molecule has 8 heteroatoms. The van der Waals surface area contributed by atoms with E-state index in [0.717, 1.165) is 75.6 Å². The van der Waals surface area contributed by atoms with E-state index in [1.54, 1.807) is 36.2 Å². The molecule has 0 spiro atoms. The highest BCUT2D eigenvalue weighted by Crippen LogP contribution is 2.30. The molecule has 0 aromatic heterocycles. The summed E-state index contributed by atoms with van der Waals surface area (Å²) in [6.07, 6.45) is 5.90. The average Bonchev–Trinajstić information content (AvgIpc) is 3.11. The number of hydrogen-bond donors (Lipinski definition) is 0. The van der Waals surface area contributed by atoms with Crippen molar-refractivity contribution in [3.05, 3.63) is 71.0 Å². The van der Waals surface area contributed by atoms with E-state index in [0.29, 0.717) is 18.5 Å². The monoisotopic (exact) mass is 489 g/mol. The Balaban J connectivity index is 1.29. The Morgan fingerprint density at radius 3 is 2.43 bits per heavy atom. The molecule has 3 rings (SSSR count). The van der Waals surface area contributed by atoms with Crippen LogP contribution in [0.5, 0.6) is 0 Å². The molecule has 2 aliphatic rings. The molecule has 0 bridgehead atoms. The third-order valence-corrected chi connectivity index (χ3v) is 6.52. The predicted molar refractivity (Wildman–Crippen MR) is 131 cm³/mol. The minimum absolute atomic E-state index is 0.0909. The maximum atomic E-state index is 12.9. The highest BCUT2D eigenvalue weighted by Gasteiger charge is 2.32. The van der Waals surface area contributed by atoms with Crippen LogP contribution in [0.3, 0.4) is 0 Å². The third-order valence-electron chi connectivity index (χ3n) is 6.52. The van der Waals surface area contributed by atoms with Crippen molar-refractivity contribution in [2.75, 3.05) is 39.8 Å². The Labute approximate surface area is 205 Å². The van der Waals surface area contributed by atoms with Crippen LogP contribution < -0.4 is 0 Å². The summed E-state index contributed by atoms with van der Waals surface area (Å²) in [4.78, 5) is 29.4. The minimum atomic E-state index is -4.28. The lowest BCUT2D eigenvalue weighted by atomic mass is 10.1. The molecule has 0 N–H and O–H groups in total. The number of rotatable bonds is 10. The van der Waals surface area contributed by atoms with Crippen molar-refractivity contribution in [3.8, 4) is 0 Å². The largest absolute Gasteiger partial charge is 0.412 e. The number of allylic oxidation sites excluding steroid dienone is 5. The predicted octanol–water partition coefficient (Wildman–Crippen LogP) is 4.97. The van der Waals surface area contributed by atoms with Gasteiger partial charge in [-0.1, -0.05) is 48.9 Å². The fraction of sp³-hybridized carbons (Fsp3) is 0.481. The van der Waals surface area contributed by atoms with Crippen molar-refractivity contribution in [2.45, 2.75) is 44.8 Å². The summed E-state index contributed by atoms with van der Waals surface area (Å²) in [5, 5.41) is 0. The molecule has 0 atom stereocenters. The molecule has 0 radical (unpaired) electrons. The van der Waals surface area contributed by atoms with Gasteiger partial charge in [0.2, 0.25) is 5.91 Å². The lowest BCUT2D eigenvalue weighted by Gasteiger charge is -2.36. The van der Waals surface area contributed by atoms with E-state index in [4.69, 9.17) is 0 Å². The van der Waals surface area contributed by atoms with Gasteiger partial charge >= 0.3 is 6.18 Å². The van der Waals surface area contributed by atoms with Crippen molar-refractivity contribution < 1.29 is 22.8 Å². The first kappa shape index (κ1) is 26.7. The van der Waals surface area contributed by atoms with Gasteiger partial charge in [-0.15, -0.1) is 0 Å². The van der Waals surface area contributed by atoms with Crippen LogP contribution in [0, 0.1) is 0 Å². The van der Waals surface area contributed by atoms with Gasteiger partial charge < -0.3 is 9.80 Å². The van der Waals surface area contributed by atoms with Gasteiger partial charge in [-0.25, -0.2) is 0 Å². The lowest BCUT2D eigenvalue weighted by molar-refractivity contribution is -0.130. The highest BCUT2D eigenvalue weighted by atomic mass is 19.4. The first-order valence-electron chi connectivity index (χ1n) is 12.2. The zero-order chi connectivity index (χ0) is 25.3. The molecule has 1 saturated heterocycles. The SMILES string of the molecule is CN(Cc1ccc(C=O)cc1)C(=O)CCCCCN1CCN(C2=CCC(C(F)(F)F)=CC=C2)CC1. The topological polar surface area (TPSA) is 43.9 Å². The van der Waals surface area contributed by atoms with Gasteiger partial charge in [0.15, 0.2) is 0 Å². The van der Waals surface area contributed by atoms with Crippen LogP contribution >= 0.6 is 0 Å². The zero-order valence-electron chi connectivity index (χ0n) is 20.3. The molecule has 1 aromatic carbocycles. The smallest absolute Gasteiger partial charge is 0.369 e. The Morgan fingerprint density at radius 1 is 1.06 bits per heavy atom. The quantitative estimate of drug-likeness (QED) is 0.344. The van der Waals surface area contributed by atoms with Gasteiger partial charge in [0.25, 0.3) is 0 Å². The fourth-order valence-electron chi connectivity index (χ4n) is 4.33. The normalized spacial score (nSPS) is 17.0.